The zero-order valence-electron chi connectivity index (χ0n) is 21.8. The molecule has 0 spiro atoms. The third-order valence-electron chi connectivity index (χ3n) is 5.54. The molecule has 0 amide bonds. The fourth-order valence-corrected chi connectivity index (χ4v) is 3.88. The number of allylic oxidation sites excluding steroid dienone is 3. The molecule has 1 fully saturated rings. The van der Waals surface area contributed by atoms with E-state index in [9.17, 15) is 4.39 Å². The quantitative estimate of drug-likeness (QED) is 0.444. The summed E-state index contributed by atoms with van der Waals surface area (Å²) in [5.41, 5.74) is 17.8. The minimum Gasteiger partial charge on any atom is -0.402 e. The van der Waals surface area contributed by atoms with E-state index < -0.39 is 0 Å². The molecule has 2 aromatic carbocycles. The monoisotopic (exact) mass is 454 g/mol. The summed E-state index contributed by atoms with van der Waals surface area (Å²) in [6.07, 6.45) is 12.9. The van der Waals surface area contributed by atoms with Crippen molar-refractivity contribution >= 4 is 0 Å². The van der Waals surface area contributed by atoms with Crippen molar-refractivity contribution in [2.75, 3.05) is 7.18 Å². The van der Waals surface area contributed by atoms with Crippen molar-refractivity contribution in [3.05, 3.63) is 83.2 Å². The summed E-state index contributed by atoms with van der Waals surface area (Å²) >= 11 is 0. The lowest BCUT2D eigenvalue weighted by Gasteiger charge is -2.22. The van der Waals surface area contributed by atoms with E-state index in [1.54, 1.807) is 24.6 Å². The molecule has 0 aromatic heterocycles. The fraction of sp³-hybridized carbons (Fsp3) is 0.467. The Hall–Kier alpha value is -2.55. The Labute approximate surface area is 203 Å². The van der Waals surface area contributed by atoms with E-state index in [1.165, 1.54) is 61.6 Å². The van der Waals surface area contributed by atoms with Crippen LogP contribution in [0.4, 0.5) is 4.39 Å². The highest BCUT2D eigenvalue weighted by molar-refractivity contribution is 5.64. The summed E-state index contributed by atoms with van der Waals surface area (Å²) in [5.74, 6) is 0.805. The number of aryl methyl sites for hydroxylation is 1. The summed E-state index contributed by atoms with van der Waals surface area (Å²) in [5, 5.41) is 0. The second kappa shape index (κ2) is 19.0. The van der Waals surface area contributed by atoms with E-state index in [1.807, 2.05) is 20.8 Å². The van der Waals surface area contributed by atoms with Gasteiger partial charge in [0.15, 0.2) is 0 Å². The molecular weight excluding hydrogens is 407 g/mol. The molecule has 4 N–H and O–H groups in total. The number of halogens is 1. The van der Waals surface area contributed by atoms with Crippen LogP contribution in [0.1, 0.15) is 90.2 Å². The van der Waals surface area contributed by atoms with E-state index in [0.717, 1.165) is 11.6 Å². The van der Waals surface area contributed by atoms with E-state index in [-0.39, 0.29) is 0 Å². The third kappa shape index (κ3) is 12.3. The molecule has 0 saturated heterocycles. The van der Waals surface area contributed by atoms with Crippen molar-refractivity contribution in [3.8, 4) is 11.1 Å². The van der Waals surface area contributed by atoms with Crippen molar-refractivity contribution in [2.24, 2.45) is 11.5 Å². The van der Waals surface area contributed by atoms with Gasteiger partial charge >= 0.3 is 0 Å². The topological polar surface area (TPSA) is 52.0 Å². The molecule has 1 saturated carbocycles. The van der Waals surface area contributed by atoms with E-state index in [2.05, 4.69) is 55.5 Å². The molecule has 0 bridgehead atoms. The first-order valence-corrected chi connectivity index (χ1v) is 12.5. The number of rotatable bonds is 5. The van der Waals surface area contributed by atoms with Gasteiger partial charge in [0.05, 0.1) is 7.18 Å². The highest BCUT2D eigenvalue weighted by atomic mass is 19.1. The van der Waals surface area contributed by atoms with E-state index in [0.29, 0.717) is 12.9 Å². The minimum absolute atomic E-state index is 0.500. The lowest BCUT2D eigenvalue weighted by molar-refractivity contribution is 0.443. The molecule has 0 radical (unpaired) electrons. The first-order chi connectivity index (χ1) is 16.0. The van der Waals surface area contributed by atoms with E-state index in [4.69, 9.17) is 11.5 Å². The van der Waals surface area contributed by atoms with Crippen LogP contribution in [0, 0.1) is 0 Å². The number of hydrogen-bond acceptors (Lipinski definition) is 2. The van der Waals surface area contributed by atoms with Crippen LogP contribution in [0.2, 0.25) is 0 Å². The van der Waals surface area contributed by atoms with Gasteiger partial charge in [0, 0.05) is 11.4 Å². The van der Waals surface area contributed by atoms with Gasteiger partial charge in [0.25, 0.3) is 0 Å². The maximum absolute atomic E-state index is 9.50. The Kier molecular flexibility index (Phi) is 17.5. The molecule has 1 aliphatic carbocycles. The summed E-state index contributed by atoms with van der Waals surface area (Å²) in [7, 11) is 0.500. The van der Waals surface area contributed by atoms with Gasteiger partial charge in [-0.25, -0.2) is 0 Å². The summed E-state index contributed by atoms with van der Waals surface area (Å²) in [6, 6.07) is 18.4. The highest BCUT2D eigenvalue weighted by Crippen LogP contribution is 2.33. The molecule has 33 heavy (non-hydrogen) atoms. The van der Waals surface area contributed by atoms with Gasteiger partial charge in [-0.15, -0.1) is 0 Å². The summed E-state index contributed by atoms with van der Waals surface area (Å²) < 4.78 is 9.50. The first-order valence-electron chi connectivity index (χ1n) is 12.5. The molecule has 2 aromatic rings. The Bertz CT molecular complexity index is 779. The normalized spacial score (nSPS) is 14.0. The van der Waals surface area contributed by atoms with Gasteiger partial charge in [-0.3, -0.25) is 4.39 Å². The smallest absolute Gasteiger partial charge is 0.0785 e. The minimum atomic E-state index is 0.500. The second-order valence-corrected chi connectivity index (χ2v) is 8.08. The Morgan fingerprint density at radius 1 is 0.879 bits per heavy atom. The SMILES string of the molecule is C/C=C(N)\C=C(/C)N.CC.CCCc1ccc(-c2ccc(C3CCCCC3)cc2)cc1.CF. The average molecular weight is 455 g/mol. The lowest BCUT2D eigenvalue weighted by atomic mass is 9.83. The number of nitrogens with two attached hydrogens (primary N) is 2. The molecule has 0 atom stereocenters. The zero-order valence-corrected chi connectivity index (χ0v) is 21.8. The van der Waals surface area contributed by atoms with Gasteiger partial charge in [0.1, 0.15) is 0 Å². The van der Waals surface area contributed by atoms with Gasteiger partial charge < -0.3 is 11.5 Å². The lowest BCUT2D eigenvalue weighted by Crippen LogP contribution is -2.04. The van der Waals surface area contributed by atoms with Crippen LogP contribution in [0.5, 0.6) is 0 Å². The van der Waals surface area contributed by atoms with Crippen molar-refractivity contribution in [2.45, 2.75) is 85.5 Å². The predicted molar refractivity (Wildman–Crippen MR) is 146 cm³/mol. The highest BCUT2D eigenvalue weighted by Gasteiger charge is 2.15. The van der Waals surface area contributed by atoms with Crippen molar-refractivity contribution < 1.29 is 4.39 Å². The third-order valence-corrected chi connectivity index (χ3v) is 5.54. The van der Waals surface area contributed by atoms with Crippen molar-refractivity contribution in [3.63, 3.8) is 0 Å². The fourth-order valence-electron chi connectivity index (χ4n) is 3.88. The molecule has 2 nitrogen and oxygen atoms in total. The van der Waals surface area contributed by atoms with Gasteiger partial charge in [0.2, 0.25) is 0 Å². The average Bonchev–Trinajstić information content (AvgIpc) is 2.88. The molecular formula is C30H47FN2. The van der Waals surface area contributed by atoms with Crippen LogP contribution in [0.25, 0.3) is 11.1 Å². The molecule has 0 aliphatic heterocycles. The van der Waals surface area contributed by atoms with Crippen LogP contribution in [-0.4, -0.2) is 7.18 Å². The van der Waals surface area contributed by atoms with Crippen molar-refractivity contribution in [1.29, 1.82) is 0 Å². The standard InChI is InChI=1S/C21H26.C6H12N2.C2H6.CH3F/c1-2-6-17-9-11-19(12-10-17)21-15-13-20(14-16-21)18-7-4-3-5-8-18;1-3-6(8)4-5(2)7;2*1-2/h9-16,18H,2-8H2,1H3;3-4H,7-8H2,1-2H3;1-2H3;1H3/b;5-4+,6-3+;;. The predicted octanol–water partition coefficient (Wildman–Crippen LogP) is 8.68. The molecule has 0 heterocycles. The van der Waals surface area contributed by atoms with Gasteiger partial charge in [-0.05, 0) is 67.4 Å². The van der Waals surface area contributed by atoms with Gasteiger partial charge in [-0.2, -0.15) is 0 Å². The van der Waals surface area contributed by atoms with Crippen LogP contribution >= 0.6 is 0 Å². The van der Waals surface area contributed by atoms with Crippen LogP contribution < -0.4 is 11.5 Å². The van der Waals surface area contributed by atoms with Crippen LogP contribution in [-0.2, 0) is 6.42 Å². The number of benzene rings is 2. The number of alkyl halides is 1. The Morgan fingerprint density at radius 2 is 1.36 bits per heavy atom. The summed E-state index contributed by atoms with van der Waals surface area (Å²) in [4.78, 5) is 0. The Morgan fingerprint density at radius 3 is 1.76 bits per heavy atom. The second-order valence-electron chi connectivity index (χ2n) is 8.08. The molecule has 184 valence electrons. The molecule has 0 unspecified atom stereocenters. The number of hydrogen-bond donors (Lipinski definition) is 2. The largest absolute Gasteiger partial charge is 0.402 e. The van der Waals surface area contributed by atoms with Crippen LogP contribution in [0.15, 0.2) is 72.1 Å². The maximum atomic E-state index is 9.50. The van der Waals surface area contributed by atoms with E-state index >= 15 is 0 Å². The molecule has 3 heteroatoms. The maximum Gasteiger partial charge on any atom is 0.0785 e. The molecule has 1 aliphatic rings. The Balaban J connectivity index is 0.000000724. The first kappa shape index (κ1) is 30.5. The zero-order chi connectivity index (χ0) is 25.1. The van der Waals surface area contributed by atoms with Crippen LogP contribution in [0.3, 0.4) is 0 Å². The van der Waals surface area contributed by atoms with Gasteiger partial charge in [-0.1, -0.05) is 101 Å². The molecule has 3 rings (SSSR count). The summed E-state index contributed by atoms with van der Waals surface area (Å²) in [6.45, 7) is 9.91. The van der Waals surface area contributed by atoms with Crippen molar-refractivity contribution in [1.82, 2.24) is 0 Å².